The van der Waals surface area contributed by atoms with Crippen LogP contribution in [0.3, 0.4) is 0 Å². The molecule has 2 atom stereocenters. The molecule has 2 aliphatic heterocycles. The number of amides is 2. The molecular weight excluding hydrogens is 280 g/mol. The van der Waals surface area contributed by atoms with Crippen LogP contribution in [0.5, 0.6) is 0 Å². The Balaban J connectivity index is 1.42. The molecule has 1 saturated carbocycles. The number of likely N-dealkylation sites (tertiary alicyclic amines) is 2. The lowest BCUT2D eigenvalue weighted by atomic mass is 10.1. The van der Waals surface area contributed by atoms with Gasteiger partial charge in [0.15, 0.2) is 0 Å². The highest BCUT2D eigenvalue weighted by molar-refractivity contribution is 5.89. The van der Waals surface area contributed by atoms with Crippen LogP contribution in [0.2, 0.25) is 0 Å². The number of carbonyl (C=O) groups excluding carboxylic acids is 2. The summed E-state index contributed by atoms with van der Waals surface area (Å²) in [7, 11) is 0. The number of carbonyl (C=O) groups is 2. The molecule has 0 spiro atoms. The minimum atomic E-state index is -0.133. The topological polar surface area (TPSA) is 58.4 Å². The number of aromatic nitrogens is 2. The Morgan fingerprint density at radius 1 is 1.32 bits per heavy atom. The van der Waals surface area contributed by atoms with Crippen molar-refractivity contribution < 1.29 is 9.59 Å². The van der Waals surface area contributed by atoms with Gasteiger partial charge in [-0.05, 0) is 31.7 Å². The van der Waals surface area contributed by atoms with Crippen LogP contribution in [-0.2, 0) is 16.1 Å². The molecule has 6 heteroatoms. The van der Waals surface area contributed by atoms with Crippen LogP contribution in [-0.4, -0.2) is 56.6 Å². The Morgan fingerprint density at radius 2 is 2.18 bits per heavy atom. The average molecular weight is 302 g/mol. The van der Waals surface area contributed by atoms with E-state index in [0.29, 0.717) is 19.0 Å². The third kappa shape index (κ3) is 2.51. The van der Waals surface area contributed by atoms with Crippen molar-refractivity contribution in [3.05, 3.63) is 18.5 Å². The van der Waals surface area contributed by atoms with E-state index >= 15 is 0 Å². The minimum Gasteiger partial charge on any atom is -0.339 e. The first-order chi connectivity index (χ1) is 10.7. The zero-order valence-corrected chi connectivity index (χ0v) is 12.7. The number of rotatable bonds is 4. The second-order valence-corrected chi connectivity index (χ2v) is 6.73. The Morgan fingerprint density at radius 3 is 2.91 bits per heavy atom. The lowest BCUT2D eigenvalue weighted by molar-refractivity contribution is -0.136. The summed E-state index contributed by atoms with van der Waals surface area (Å²) < 4.78 is 1.90. The van der Waals surface area contributed by atoms with Crippen molar-refractivity contribution in [3.8, 4) is 0 Å². The van der Waals surface area contributed by atoms with Crippen LogP contribution in [0.25, 0.3) is 0 Å². The number of hydrogen-bond donors (Lipinski definition) is 0. The van der Waals surface area contributed by atoms with Crippen LogP contribution >= 0.6 is 0 Å². The molecule has 4 rings (SSSR count). The SMILES string of the molecule is O=C1C[C@H](C(=O)N2CCC[C@H]2Cn2cccn2)CN1C1CC1. The maximum Gasteiger partial charge on any atom is 0.228 e. The molecule has 3 aliphatic rings. The minimum absolute atomic E-state index is 0.133. The predicted molar refractivity (Wildman–Crippen MR) is 79.8 cm³/mol. The molecule has 1 aromatic rings. The van der Waals surface area contributed by atoms with Crippen LogP contribution in [0, 0.1) is 5.92 Å². The predicted octanol–water partition coefficient (Wildman–Crippen LogP) is 0.885. The van der Waals surface area contributed by atoms with Gasteiger partial charge in [0.25, 0.3) is 0 Å². The normalized spacial score (nSPS) is 28.6. The molecule has 22 heavy (non-hydrogen) atoms. The summed E-state index contributed by atoms with van der Waals surface area (Å²) in [6.45, 7) is 2.21. The summed E-state index contributed by atoms with van der Waals surface area (Å²) in [6.07, 6.45) is 8.40. The summed E-state index contributed by atoms with van der Waals surface area (Å²) in [5, 5.41) is 4.24. The molecule has 1 aliphatic carbocycles. The van der Waals surface area contributed by atoms with Gasteiger partial charge in [-0.1, -0.05) is 0 Å². The van der Waals surface area contributed by atoms with Gasteiger partial charge in [-0.15, -0.1) is 0 Å². The van der Waals surface area contributed by atoms with E-state index in [4.69, 9.17) is 0 Å². The second-order valence-electron chi connectivity index (χ2n) is 6.73. The van der Waals surface area contributed by atoms with Crippen molar-refractivity contribution in [1.29, 1.82) is 0 Å². The summed E-state index contributed by atoms with van der Waals surface area (Å²) >= 11 is 0. The summed E-state index contributed by atoms with van der Waals surface area (Å²) in [5.74, 6) is 0.209. The molecule has 2 saturated heterocycles. The fraction of sp³-hybridized carbons (Fsp3) is 0.688. The van der Waals surface area contributed by atoms with Crippen LogP contribution < -0.4 is 0 Å². The highest BCUT2D eigenvalue weighted by atomic mass is 16.2. The van der Waals surface area contributed by atoms with Gasteiger partial charge < -0.3 is 9.80 Å². The maximum absolute atomic E-state index is 12.8. The van der Waals surface area contributed by atoms with E-state index in [9.17, 15) is 9.59 Å². The van der Waals surface area contributed by atoms with Gasteiger partial charge >= 0.3 is 0 Å². The molecule has 0 aromatic carbocycles. The van der Waals surface area contributed by atoms with Crippen molar-refractivity contribution in [2.45, 2.75) is 50.7 Å². The van der Waals surface area contributed by atoms with E-state index in [-0.39, 0.29) is 23.8 Å². The van der Waals surface area contributed by atoms with Crippen LogP contribution in [0.15, 0.2) is 18.5 Å². The van der Waals surface area contributed by atoms with Gasteiger partial charge in [-0.2, -0.15) is 5.10 Å². The largest absolute Gasteiger partial charge is 0.339 e. The molecule has 3 heterocycles. The van der Waals surface area contributed by atoms with E-state index in [1.54, 1.807) is 6.20 Å². The third-order valence-corrected chi connectivity index (χ3v) is 5.11. The van der Waals surface area contributed by atoms with Crippen molar-refractivity contribution >= 4 is 11.8 Å². The molecule has 0 N–H and O–H groups in total. The first kappa shape index (κ1) is 13.8. The van der Waals surface area contributed by atoms with E-state index < -0.39 is 0 Å². The molecule has 0 bridgehead atoms. The molecule has 3 fully saturated rings. The van der Waals surface area contributed by atoms with Crippen LogP contribution in [0.4, 0.5) is 0 Å². The zero-order valence-electron chi connectivity index (χ0n) is 12.7. The van der Waals surface area contributed by atoms with Gasteiger partial charge in [-0.25, -0.2) is 0 Å². The van der Waals surface area contributed by atoms with Gasteiger partial charge in [0.1, 0.15) is 0 Å². The molecular formula is C16H22N4O2. The van der Waals surface area contributed by atoms with E-state index in [1.807, 2.05) is 26.7 Å². The fourth-order valence-corrected chi connectivity index (χ4v) is 3.81. The monoisotopic (exact) mass is 302 g/mol. The Hall–Kier alpha value is -1.85. The molecule has 0 unspecified atom stereocenters. The Kier molecular flexibility index (Phi) is 3.39. The van der Waals surface area contributed by atoms with Gasteiger partial charge in [-0.3, -0.25) is 14.3 Å². The van der Waals surface area contributed by atoms with Crippen LogP contribution in [0.1, 0.15) is 32.1 Å². The van der Waals surface area contributed by atoms with E-state index in [2.05, 4.69) is 5.10 Å². The van der Waals surface area contributed by atoms with Gasteiger partial charge in [0, 0.05) is 37.9 Å². The smallest absolute Gasteiger partial charge is 0.228 e. The summed E-state index contributed by atoms with van der Waals surface area (Å²) in [6, 6.07) is 2.55. The van der Waals surface area contributed by atoms with Gasteiger partial charge in [0.05, 0.1) is 18.5 Å². The Bertz CT molecular complexity index is 567. The first-order valence-corrected chi connectivity index (χ1v) is 8.30. The summed E-state index contributed by atoms with van der Waals surface area (Å²) in [4.78, 5) is 28.8. The van der Waals surface area contributed by atoms with Crippen molar-refractivity contribution in [2.75, 3.05) is 13.1 Å². The first-order valence-electron chi connectivity index (χ1n) is 8.30. The average Bonchev–Trinajstić information content (AvgIpc) is 2.93. The highest BCUT2D eigenvalue weighted by Crippen LogP contribution is 2.34. The second kappa shape index (κ2) is 5.41. The van der Waals surface area contributed by atoms with E-state index in [0.717, 1.165) is 38.8 Å². The lowest BCUT2D eigenvalue weighted by Gasteiger charge is -2.27. The fourth-order valence-electron chi connectivity index (χ4n) is 3.81. The quantitative estimate of drug-likeness (QED) is 0.830. The Labute approximate surface area is 130 Å². The number of hydrogen-bond acceptors (Lipinski definition) is 3. The van der Waals surface area contributed by atoms with E-state index in [1.165, 1.54) is 0 Å². The molecule has 1 aromatic heterocycles. The van der Waals surface area contributed by atoms with Crippen molar-refractivity contribution in [2.24, 2.45) is 5.92 Å². The van der Waals surface area contributed by atoms with Crippen molar-refractivity contribution in [3.63, 3.8) is 0 Å². The lowest BCUT2D eigenvalue weighted by Crippen LogP contribution is -2.42. The zero-order chi connectivity index (χ0) is 15.1. The third-order valence-electron chi connectivity index (χ3n) is 5.11. The standard InChI is InChI=1S/C16H22N4O2/c21-15-9-12(10-20(15)13-4-5-13)16(22)19-8-1-3-14(19)11-18-7-2-6-17-18/h2,6-7,12-14H,1,3-5,8-11H2/t12-,14-/m0/s1. The number of nitrogens with zero attached hydrogens (tertiary/aromatic N) is 4. The summed E-state index contributed by atoms with van der Waals surface area (Å²) in [5.41, 5.74) is 0. The maximum atomic E-state index is 12.8. The molecule has 6 nitrogen and oxygen atoms in total. The molecule has 2 amide bonds. The van der Waals surface area contributed by atoms with Crippen molar-refractivity contribution in [1.82, 2.24) is 19.6 Å². The van der Waals surface area contributed by atoms with Gasteiger partial charge in [0.2, 0.25) is 11.8 Å². The molecule has 0 radical (unpaired) electrons. The highest BCUT2D eigenvalue weighted by Gasteiger charge is 2.44. The molecule has 118 valence electrons.